The molecule has 3 nitrogen and oxygen atoms in total. The van der Waals surface area contributed by atoms with Gasteiger partial charge in [0.05, 0.1) is 11.2 Å². The Morgan fingerprint density at radius 1 is 1.07 bits per heavy atom. The van der Waals surface area contributed by atoms with Crippen LogP contribution in [0.5, 0.6) is 0 Å². The van der Waals surface area contributed by atoms with E-state index in [-0.39, 0.29) is 23.5 Å². The summed E-state index contributed by atoms with van der Waals surface area (Å²) in [5.41, 5.74) is -0.504. The summed E-state index contributed by atoms with van der Waals surface area (Å²) in [4.78, 5) is 0. The van der Waals surface area contributed by atoms with E-state index in [1.807, 2.05) is 41.5 Å². The summed E-state index contributed by atoms with van der Waals surface area (Å²) in [5.74, 6) is 0. The van der Waals surface area contributed by atoms with Gasteiger partial charge in [-0.25, -0.2) is 0 Å². The number of ether oxygens (including phenoxy) is 2. The molecule has 0 aromatic heterocycles. The molecule has 0 amide bonds. The van der Waals surface area contributed by atoms with E-state index in [4.69, 9.17) is 14.1 Å². The zero-order valence-corrected chi connectivity index (χ0v) is 10.1. The molecule has 0 radical (unpaired) electrons. The number of hydrogen-bond acceptors (Lipinski definition) is 3. The molecule has 0 N–H and O–H groups in total. The Labute approximate surface area is 87.4 Å². The van der Waals surface area contributed by atoms with Crippen LogP contribution in [0.3, 0.4) is 0 Å². The first-order valence-electron chi connectivity index (χ1n) is 5.22. The van der Waals surface area contributed by atoms with Crippen molar-refractivity contribution in [2.75, 3.05) is 0 Å². The fraction of sp³-hybridized carbons (Fsp3) is 1.00. The maximum atomic E-state index is 5.77. The third kappa shape index (κ3) is 2.50. The Hall–Kier alpha value is -0.0551. The Bertz CT molecular complexity index is 186. The van der Waals surface area contributed by atoms with Gasteiger partial charge in [-0.05, 0) is 41.5 Å². The Morgan fingerprint density at radius 2 is 1.50 bits per heavy atom. The van der Waals surface area contributed by atoms with Gasteiger partial charge in [-0.3, -0.25) is 0 Å². The molecule has 1 aliphatic rings. The normalized spacial score (nSPS) is 25.6. The summed E-state index contributed by atoms with van der Waals surface area (Å²) in [6.45, 7) is 12.2. The topological polar surface area (TPSA) is 27.7 Å². The highest BCUT2D eigenvalue weighted by atomic mass is 16.7. The Balaban J connectivity index is 2.47. The predicted molar refractivity (Wildman–Crippen MR) is 57.5 cm³/mol. The van der Waals surface area contributed by atoms with E-state index in [0.29, 0.717) is 7.48 Å². The van der Waals surface area contributed by atoms with Crippen LogP contribution in [0.1, 0.15) is 41.5 Å². The van der Waals surface area contributed by atoms with Gasteiger partial charge >= 0.3 is 7.48 Å². The van der Waals surface area contributed by atoms with Crippen LogP contribution < -0.4 is 0 Å². The molecule has 1 heterocycles. The molecule has 14 heavy (non-hydrogen) atoms. The van der Waals surface area contributed by atoms with Crippen molar-refractivity contribution in [1.82, 2.24) is 0 Å². The molecule has 1 rings (SSSR count). The van der Waals surface area contributed by atoms with Crippen molar-refractivity contribution in [3.8, 4) is 0 Å². The molecule has 0 aromatic rings. The van der Waals surface area contributed by atoms with Crippen molar-refractivity contribution in [1.29, 1.82) is 0 Å². The molecule has 0 aliphatic carbocycles. The Morgan fingerprint density at radius 3 is 1.86 bits per heavy atom. The van der Waals surface area contributed by atoms with Gasteiger partial charge < -0.3 is 14.1 Å². The van der Waals surface area contributed by atoms with Crippen LogP contribution in [0.25, 0.3) is 0 Å². The lowest BCUT2D eigenvalue weighted by molar-refractivity contribution is -0.0390. The Kier molecular flexibility index (Phi) is 3.29. The summed E-state index contributed by atoms with van der Waals surface area (Å²) in [5, 5.41) is 0. The van der Waals surface area contributed by atoms with E-state index >= 15 is 0 Å². The second-order valence-corrected chi connectivity index (χ2v) is 5.07. The number of hydrogen-bond donors (Lipinski definition) is 0. The molecule has 82 valence electrons. The second kappa shape index (κ2) is 3.84. The summed E-state index contributed by atoms with van der Waals surface area (Å²) in [6, 6.07) is 0. The highest BCUT2D eigenvalue weighted by Crippen LogP contribution is 2.37. The van der Waals surface area contributed by atoms with Gasteiger partial charge in [-0.15, -0.1) is 0 Å². The van der Waals surface area contributed by atoms with Crippen LogP contribution in [-0.2, 0) is 14.1 Å². The third-order valence-corrected chi connectivity index (χ3v) is 2.87. The SMILES string of the molecule is CC(C)OBC1OC(C)(C)C(C)(C)O1. The first-order valence-corrected chi connectivity index (χ1v) is 5.22. The maximum Gasteiger partial charge on any atom is 0.338 e. The van der Waals surface area contributed by atoms with Crippen LogP contribution in [-0.4, -0.2) is 31.0 Å². The standard InChI is InChI=1S/C10H21BO3/c1-7(2)14-11-8-12-9(3,4)10(5,6)13-8/h7-8,11H,1-6H3. The predicted octanol–water partition coefficient (Wildman–Crippen LogP) is 1.65. The van der Waals surface area contributed by atoms with Gasteiger partial charge in [0.25, 0.3) is 0 Å². The van der Waals surface area contributed by atoms with E-state index < -0.39 is 0 Å². The molecule has 0 spiro atoms. The first-order chi connectivity index (χ1) is 6.24. The molecular formula is C10H21BO3. The number of rotatable bonds is 3. The van der Waals surface area contributed by atoms with Gasteiger partial charge in [-0.1, -0.05) is 0 Å². The van der Waals surface area contributed by atoms with Crippen molar-refractivity contribution in [3.05, 3.63) is 0 Å². The lowest BCUT2D eigenvalue weighted by Crippen LogP contribution is -2.41. The van der Waals surface area contributed by atoms with Gasteiger partial charge in [0.15, 0.2) is 6.19 Å². The summed E-state index contributed by atoms with van der Waals surface area (Å²) in [6.07, 6.45) is -0.0172. The molecular weight excluding hydrogens is 179 g/mol. The van der Waals surface area contributed by atoms with Crippen molar-refractivity contribution in [3.63, 3.8) is 0 Å². The lowest BCUT2D eigenvalue weighted by atomic mass is 9.90. The molecule has 1 fully saturated rings. The van der Waals surface area contributed by atoms with E-state index in [2.05, 4.69) is 0 Å². The molecule has 0 unspecified atom stereocenters. The van der Waals surface area contributed by atoms with E-state index in [1.54, 1.807) is 0 Å². The zero-order chi connectivity index (χ0) is 11.0. The van der Waals surface area contributed by atoms with Crippen LogP contribution in [0, 0.1) is 0 Å². The van der Waals surface area contributed by atoms with E-state index in [0.717, 1.165) is 0 Å². The summed E-state index contributed by atoms with van der Waals surface area (Å²) in [7, 11) is 0.504. The van der Waals surface area contributed by atoms with Crippen LogP contribution in [0.15, 0.2) is 0 Å². The first kappa shape index (κ1) is 12.0. The minimum atomic E-state index is -0.252. The third-order valence-electron chi connectivity index (χ3n) is 2.87. The fourth-order valence-electron chi connectivity index (χ4n) is 1.30. The smallest absolute Gasteiger partial charge is 0.338 e. The van der Waals surface area contributed by atoms with Crippen molar-refractivity contribution >= 4 is 7.48 Å². The molecule has 0 bridgehead atoms. The van der Waals surface area contributed by atoms with Crippen molar-refractivity contribution < 1.29 is 14.1 Å². The molecule has 0 aromatic carbocycles. The van der Waals surface area contributed by atoms with Crippen LogP contribution in [0.2, 0.25) is 0 Å². The summed E-state index contributed by atoms with van der Waals surface area (Å²) >= 11 is 0. The minimum absolute atomic E-state index is 0.217. The molecule has 0 atom stereocenters. The molecule has 1 saturated heterocycles. The molecule has 0 saturated carbocycles. The highest BCUT2D eigenvalue weighted by molar-refractivity contribution is 6.28. The fourth-order valence-corrected chi connectivity index (χ4v) is 1.30. The van der Waals surface area contributed by atoms with Gasteiger partial charge in [0.2, 0.25) is 0 Å². The van der Waals surface area contributed by atoms with Gasteiger partial charge in [0, 0.05) is 6.10 Å². The molecule has 4 heteroatoms. The van der Waals surface area contributed by atoms with Gasteiger partial charge in [0.1, 0.15) is 0 Å². The highest BCUT2D eigenvalue weighted by Gasteiger charge is 2.49. The lowest BCUT2D eigenvalue weighted by Gasteiger charge is -2.30. The molecule has 1 aliphatic heterocycles. The average molecular weight is 200 g/mol. The minimum Gasteiger partial charge on any atom is -0.431 e. The largest absolute Gasteiger partial charge is 0.431 e. The second-order valence-electron chi connectivity index (χ2n) is 5.07. The summed E-state index contributed by atoms with van der Waals surface area (Å²) < 4.78 is 17.0. The maximum absolute atomic E-state index is 5.77. The van der Waals surface area contributed by atoms with E-state index in [9.17, 15) is 0 Å². The van der Waals surface area contributed by atoms with Crippen molar-refractivity contribution in [2.45, 2.75) is 65.0 Å². The van der Waals surface area contributed by atoms with Crippen LogP contribution >= 0.6 is 0 Å². The quantitative estimate of drug-likeness (QED) is 0.648. The average Bonchev–Trinajstić information content (AvgIpc) is 2.17. The van der Waals surface area contributed by atoms with E-state index in [1.165, 1.54) is 0 Å². The monoisotopic (exact) mass is 200 g/mol. The zero-order valence-electron chi connectivity index (χ0n) is 10.1. The van der Waals surface area contributed by atoms with Crippen LogP contribution in [0.4, 0.5) is 0 Å². The van der Waals surface area contributed by atoms with Crippen molar-refractivity contribution in [2.24, 2.45) is 0 Å². The van der Waals surface area contributed by atoms with Gasteiger partial charge in [-0.2, -0.15) is 0 Å².